The second-order valence-electron chi connectivity index (χ2n) is 5.03. The molecule has 0 aromatic carbocycles. The van der Waals surface area contributed by atoms with Gasteiger partial charge in [0.15, 0.2) is 5.16 Å². The molecular formula is C13H15N5O2S2. The number of aryl methyl sites for hydroxylation is 2. The number of amides is 1. The van der Waals surface area contributed by atoms with Crippen molar-refractivity contribution in [2.45, 2.75) is 43.5 Å². The number of aromatic nitrogens is 4. The molecule has 0 fully saturated rings. The van der Waals surface area contributed by atoms with Gasteiger partial charge in [-0.15, -0.1) is 10.2 Å². The lowest BCUT2D eigenvalue weighted by Crippen LogP contribution is -2.23. The molecule has 0 aliphatic heterocycles. The fourth-order valence-corrected chi connectivity index (χ4v) is 3.66. The van der Waals surface area contributed by atoms with Crippen LogP contribution in [0.5, 0.6) is 0 Å². The van der Waals surface area contributed by atoms with Gasteiger partial charge in [-0.1, -0.05) is 23.1 Å². The van der Waals surface area contributed by atoms with E-state index in [1.807, 2.05) is 6.92 Å². The third-order valence-electron chi connectivity index (χ3n) is 3.33. The Morgan fingerprint density at radius 3 is 2.95 bits per heavy atom. The number of H-pyrrole nitrogens is 1. The number of carbonyl (C=O) groups excluding carboxylic acids is 1. The Morgan fingerprint density at radius 1 is 1.41 bits per heavy atom. The van der Waals surface area contributed by atoms with Crippen LogP contribution in [0.1, 0.15) is 29.6 Å². The molecule has 0 radical (unpaired) electrons. The molecule has 116 valence electrons. The number of aromatic amines is 1. The molecule has 0 spiro atoms. The molecule has 0 saturated heterocycles. The molecule has 1 atom stereocenters. The van der Waals surface area contributed by atoms with Crippen molar-refractivity contribution in [3.8, 4) is 0 Å². The smallest absolute Gasteiger partial charge is 0.254 e. The molecular weight excluding hydrogens is 322 g/mol. The zero-order chi connectivity index (χ0) is 15.7. The highest BCUT2D eigenvalue weighted by Gasteiger charge is 2.21. The SMILES string of the molecule is Cc1nnc(NC(=O)C(C)Sc2nc3c(c(=O)[nH]2)CCC3)s1. The van der Waals surface area contributed by atoms with E-state index in [2.05, 4.69) is 25.5 Å². The van der Waals surface area contributed by atoms with E-state index in [9.17, 15) is 9.59 Å². The first kappa shape index (κ1) is 15.2. The summed E-state index contributed by atoms with van der Waals surface area (Å²) >= 11 is 2.56. The molecule has 2 N–H and O–H groups in total. The summed E-state index contributed by atoms with van der Waals surface area (Å²) in [4.78, 5) is 31.3. The Bertz CT molecular complexity index is 770. The third-order valence-corrected chi connectivity index (χ3v) is 5.07. The Balaban J connectivity index is 1.69. The minimum atomic E-state index is -0.396. The molecule has 1 aliphatic carbocycles. The maximum Gasteiger partial charge on any atom is 0.254 e. The molecule has 1 amide bonds. The zero-order valence-corrected chi connectivity index (χ0v) is 13.8. The van der Waals surface area contributed by atoms with E-state index in [-0.39, 0.29) is 11.5 Å². The summed E-state index contributed by atoms with van der Waals surface area (Å²) < 4.78 is 0. The van der Waals surface area contributed by atoms with Crippen LogP contribution in [0.3, 0.4) is 0 Å². The van der Waals surface area contributed by atoms with Gasteiger partial charge in [0.25, 0.3) is 5.56 Å². The van der Waals surface area contributed by atoms with Gasteiger partial charge in [0.1, 0.15) is 5.01 Å². The Kier molecular flexibility index (Phi) is 4.25. The van der Waals surface area contributed by atoms with Crippen LogP contribution in [0.15, 0.2) is 9.95 Å². The van der Waals surface area contributed by atoms with Crippen molar-refractivity contribution < 1.29 is 4.79 Å². The highest BCUT2D eigenvalue weighted by molar-refractivity contribution is 8.00. The first-order valence-corrected chi connectivity index (χ1v) is 8.62. The predicted octanol–water partition coefficient (Wildman–Crippen LogP) is 1.54. The second-order valence-corrected chi connectivity index (χ2v) is 7.54. The van der Waals surface area contributed by atoms with Gasteiger partial charge in [0.05, 0.1) is 10.9 Å². The summed E-state index contributed by atoms with van der Waals surface area (Å²) in [5, 5.41) is 11.8. The minimum Gasteiger partial charge on any atom is -0.301 e. The minimum absolute atomic E-state index is 0.0858. The quantitative estimate of drug-likeness (QED) is 0.648. The van der Waals surface area contributed by atoms with Crippen molar-refractivity contribution in [2.75, 3.05) is 5.32 Å². The summed E-state index contributed by atoms with van der Waals surface area (Å²) in [7, 11) is 0. The molecule has 2 aromatic heterocycles. The monoisotopic (exact) mass is 337 g/mol. The average molecular weight is 337 g/mol. The maximum absolute atomic E-state index is 12.1. The van der Waals surface area contributed by atoms with Gasteiger partial charge in [0.2, 0.25) is 11.0 Å². The van der Waals surface area contributed by atoms with Gasteiger partial charge in [0, 0.05) is 5.56 Å². The van der Waals surface area contributed by atoms with E-state index in [1.54, 1.807) is 6.92 Å². The van der Waals surface area contributed by atoms with Gasteiger partial charge >= 0.3 is 0 Å². The van der Waals surface area contributed by atoms with E-state index < -0.39 is 5.25 Å². The molecule has 1 unspecified atom stereocenters. The van der Waals surface area contributed by atoms with Crippen molar-refractivity contribution in [2.24, 2.45) is 0 Å². The fraction of sp³-hybridized carbons (Fsp3) is 0.462. The summed E-state index contributed by atoms with van der Waals surface area (Å²) in [6.45, 7) is 3.59. The second kappa shape index (κ2) is 6.17. The van der Waals surface area contributed by atoms with Gasteiger partial charge in [-0.3, -0.25) is 14.9 Å². The van der Waals surface area contributed by atoms with E-state index in [1.165, 1.54) is 23.1 Å². The molecule has 1 aliphatic rings. The van der Waals surface area contributed by atoms with Crippen molar-refractivity contribution in [1.29, 1.82) is 0 Å². The standard InChI is InChI=1S/C13H15N5O2S2/c1-6(10(19)15-13-18-17-7(2)22-13)21-12-14-9-5-3-4-8(9)11(20)16-12/h6H,3-5H2,1-2H3,(H,14,16,20)(H,15,18,19). The lowest BCUT2D eigenvalue weighted by molar-refractivity contribution is -0.115. The van der Waals surface area contributed by atoms with Crippen molar-refractivity contribution in [1.82, 2.24) is 20.2 Å². The number of nitrogens with one attached hydrogen (secondary N) is 2. The van der Waals surface area contributed by atoms with E-state index in [0.717, 1.165) is 35.5 Å². The topological polar surface area (TPSA) is 101 Å². The van der Waals surface area contributed by atoms with Crippen molar-refractivity contribution >= 4 is 34.1 Å². The number of hydrogen-bond donors (Lipinski definition) is 2. The molecule has 22 heavy (non-hydrogen) atoms. The van der Waals surface area contributed by atoms with Crippen LogP contribution in [0, 0.1) is 6.92 Å². The van der Waals surface area contributed by atoms with E-state index >= 15 is 0 Å². The summed E-state index contributed by atoms with van der Waals surface area (Å²) in [5.41, 5.74) is 1.56. The van der Waals surface area contributed by atoms with Crippen molar-refractivity contribution in [3.05, 3.63) is 26.6 Å². The van der Waals surface area contributed by atoms with Crippen molar-refractivity contribution in [3.63, 3.8) is 0 Å². The highest BCUT2D eigenvalue weighted by atomic mass is 32.2. The van der Waals surface area contributed by atoms with Crippen LogP contribution in [-0.4, -0.2) is 31.3 Å². The summed E-state index contributed by atoms with van der Waals surface area (Å²) in [6.07, 6.45) is 2.58. The van der Waals surface area contributed by atoms with E-state index in [4.69, 9.17) is 0 Å². The third kappa shape index (κ3) is 3.20. The molecule has 0 saturated carbocycles. The summed E-state index contributed by atoms with van der Waals surface area (Å²) in [6, 6.07) is 0. The van der Waals surface area contributed by atoms with Crippen LogP contribution < -0.4 is 10.9 Å². The zero-order valence-electron chi connectivity index (χ0n) is 12.2. The Labute approximate surface area is 135 Å². The normalized spacial score (nSPS) is 14.6. The van der Waals surface area contributed by atoms with Gasteiger partial charge in [-0.25, -0.2) is 4.98 Å². The van der Waals surface area contributed by atoms with Gasteiger partial charge in [-0.05, 0) is 33.1 Å². The molecule has 2 aromatic rings. The Hall–Kier alpha value is -1.74. The first-order valence-electron chi connectivity index (χ1n) is 6.92. The average Bonchev–Trinajstić information content (AvgIpc) is 3.08. The van der Waals surface area contributed by atoms with Crippen LogP contribution in [0.2, 0.25) is 0 Å². The lowest BCUT2D eigenvalue weighted by Gasteiger charge is -2.10. The number of anilines is 1. The Morgan fingerprint density at radius 2 is 2.23 bits per heavy atom. The van der Waals surface area contributed by atoms with Gasteiger partial charge < -0.3 is 4.98 Å². The molecule has 9 heteroatoms. The number of nitrogens with zero attached hydrogens (tertiary/aromatic N) is 3. The predicted molar refractivity (Wildman–Crippen MR) is 85.5 cm³/mol. The number of carbonyl (C=O) groups is 1. The maximum atomic E-state index is 12.1. The van der Waals surface area contributed by atoms with E-state index in [0.29, 0.717) is 10.3 Å². The van der Waals surface area contributed by atoms with Gasteiger partial charge in [-0.2, -0.15) is 0 Å². The fourth-order valence-electron chi connectivity index (χ4n) is 2.25. The largest absolute Gasteiger partial charge is 0.301 e. The van der Waals surface area contributed by atoms with Crippen LogP contribution in [0.25, 0.3) is 0 Å². The lowest BCUT2D eigenvalue weighted by atomic mass is 10.3. The molecule has 3 rings (SSSR count). The van der Waals surface area contributed by atoms with Crippen LogP contribution >= 0.6 is 23.1 Å². The summed E-state index contributed by atoms with van der Waals surface area (Å²) in [5.74, 6) is -0.190. The number of hydrogen-bond acceptors (Lipinski definition) is 7. The number of rotatable bonds is 4. The first-order chi connectivity index (χ1) is 10.5. The molecule has 7 nitrogen and oxygen atoms in total. The molecule has 0 bridgehead atoms. The van der Waals surface area contributed by atoms with Crippen LogP contribution in [0.4, 0.5) is 5.13 Å². The van der Waals surface area contributed by atoms with Crippen LogP contribution in [-0.2, 0) is 17.6 Å². The number of thioether (sulfide) groups is 1. The highest BCUT2D eigenvalue weighted by Crippen LogP contribution is 2.24. The number of fused-ring (bicyclic) bond motifs is 1. The molecule has 2 heterocycles.